The van der Waals surface area contributed by atoms with E-state index in [0.717, 1.165) is 0 Å². The highest BCUT2D eigenvalue weighted by molar-refractivity contribution is 5.98. The average Bonchev–Trinajstić information content (AvgIpc) is 2.42. The van der Waals surface area contributed by atoms with Gasteiger partial charge in [0.15, 0.2) is 5.78 Å². The largest absolute Gasteiger partial charge is 0.496 e. The van der Waals surface area contributed by atoms with Gasteiger partial charge < -0.3 is 9.47 Å². The van der Waals surface area contributed by atoms with Crippen molar-refractivity contribution in [2.24, 2.45) is 0 Å². The van der Waals surface area contributed by atoms with Crippen LogP contribution < -0.4 is 4.74 Å². The van der Waals surface area contributed by atoms with Crippen molar-refractivity contribution in [1.82, 2.24) is 0 Å². The highest BCUT2D eigenvalue weighted by atomic mass is 19.1. The van der Waals surface area contributed by atoms with E-state index in [-0.39, 0.29) is 17.5 Å². The maximum atomic E-state index is 13.0. The van der Waals surface area contributed by atoms with E-state index in [1.54, 1.807) is 0 Å². The van der Waals surface area contributed by atoms with Gasteiger partial charge in [-0.05, 0) is 25.0 Å². The number of halogens is 1. The van der Waals surface area contributed by atoms with Gasteiger partial charge in [0.25, 0.3) is 0 Å². The van der Waals surface area contributed by atoms with Gasteiger partial charge in [-0.3, -0.25) is 9.59 Å². The molecule has 0 unspecified atom stereocenters. The molecule has 0 heterocycles. The van der Waals surface area contributed by atoms with Crippen LogP contribution in [-0.2, 0) is 9.53 Å². The third-order valence-electron chi connectivity index (χ3n) is 2.73. The molecule has 0 aliphatic carbocycles. The molecule has 1 rings (SSSR count). The van der Waals surface area contributed by atoms with E-state index in [1.807, 2.05) is 0 Å². The zero-order chi connectivity index (χ0) is 14.3. The van der Waals surface area contributed by atoms with Crippen LogP contribution in [0.4, 0.5) is 4.39 Å². The first-order valence-corrected chi connectivity index (χ1v) is 6.02. The molecule has 0 saturated carbocycles. The van der Waals surface area contributed by atoms with Crippen molar-refractivity contribution in [3.05, 3.63) is 29.6 Å². The van der Waals surface area contributed by atoms with E-state index < -0.39 is 5.82 Å². The van der Waals surface area contributed by atoms with Crippen LogP contribution in [0.5, 0.6) is 5.75 Å². The minimum absolute atomic E-state index is 0.123. The molecule has 0 spiro atoms. The molecule has 0 radical (unpaired) electrons. The third-order valence-corrected chi connectivity index (χ3v) is 2.73. The van der Waals surface area contributed by atoms with Crippen LogP contribution in [0.1, 0.15) is 36.0 Å². The minimum atomic E-state index is -0.445. The van der Waals surface area contributed by atoms with Crippen molar-refractivity contribution in [2.75, 3.05) is 14.2 Å². The number of hydrogen-bond acceptors (Lipinski definition) is 4. The molecule has 1 aromatic carbocycles. The number of hydrogen-bond donors (Lipinski definition) is 0. The van der Waals surface area contributed by atoms with Gasteiger partial charge in [-0.1, -0.05) is 0 Å². The Morgan fingerprint density at radius 2 is 1.84 bits per heavy atom. The number of rotatable bonds is 7. The molecule has 0 aromatic heterocycles. The van der Waals surface area contributed by atoms with Gasteiger partial charge >= 0.3 is 5.97 Å². The van der Waals surface area contributed by atoms with Crippen LogP contribution in [0.25, 0.3) is 0 Å². The number of Topliss-reactive ketones (excluding diaryl/α,β-unsaturated/α-hetero) is 1. The summed E-state index contributed by atoms with van der Waals surface area (Å²) in [6, 6.07) is 3.82. The monoisotopic (exact) mass is 268 g/mol. The highest BCUT2D eigenvalue weighted by Crippen LogP contribution is 2.21. The zero-order valence-corrected chi connectivity index (χ0v) is 11.1. The first-order valence-electron chi connectivity index (χ1n) is 6.02. The number of methoxy groups -OCH3 is 2. The Labute approximate surface area is 111 Å². The van der Waals surface area contributed by atoms with Crippen LogP contribution in [0.15, 0.2) is 18.2 Å². The van der Waals surface area contributed by atoms with Gasteiger partial charge in [0.2, 0.25) is 0 Å². The molecular formula is C14H17FO4. The topological polar surface area (TPSA) is 52.6 Å². The second-order valence-electron chi connectivity index (χ2n) is 4.05. The molecule has 0 aliphatic heterocycles. The van der Waals surface area contributed by atoms with Gasteiger partial charge in [-0.2, -0.15) is 0 Å². The smallest absolute Gasteiger partial charge is 0.305 e. The summed E-state index contributed by atoms with van der Waals surface area (Å²) in [7, 11) is 2.72. The first-order chi connectivity index (χ1) is 9.08. The Morgan fingerprint density at radius 1 is 1.16 bits per heavy atom. The molecule has 0 N–H and O–H groups in total. The van der Waals surface area contributed by atoms with Gasteiger partial charge in [-0.25, -0.2) is 4.39 Å². The van der Waals surface area contributed by atoms with E-state index in [9.17, 15) is 14.0 Å². The number of esters is 1. The van der Waals surface area contributed by atoms with Gasteiger partial charge in [0, 0.05) is 18.9 Å². The fourth-order valence-corrected chi connectivity index (χ4v) is 1.69. The summed E-state index contributed by atoms with van der Waals surface area (Å²) in [5, 5.41) is 0. The Balaban J connectivity index is 2.52. The van der Waals surface area contributed by atoms with Gasteiger partial charge in [0.1, 0.15) is 11.6 Å². The Kier molecular flexibility index (Phi) is 5.99. The molecule has 0 bridgehead atoms. The second-order valence-corrected chi connectivity index (χ2v) is 4.05. The van der Waals surface area contributed by atoms with E-state index in [4.69, 9.17) is 4.74 Å². The molecule has 1 aromatic rings. The van der Waals surface area contributed by atoms with Crippen molar-refractivity contribution in [3.8, 4) is 5.75 Å². The maximum absolute atomic E-state index is 13.0. The summed E-state index contributed by atoms with van der Waals surface area (Å²) in [6.45, 7) is 0. The zero-order valence-electron chi connectivity index (χ0n) is 11.1. The molecule has 0 amide bonds. The number of ether oxygens (including phenoxy) is 2. The number of benzene rings is 1. The predicted molar refractivity (Wildman–Crippen MR) is 67.8 cm³/mol. The molecule has 104 valence electrons. The van der Waals surface area contributed by atoms with E-state index in [1.165, 1.54) is 32.4 Å². The molecule has 4 nitrogen and oxygen atoms in total. The molecule has 0 saturated heterocycles. The van der Waals surface area contributed by atoms with E-state index in [2.05, 4.69) is 4.74 Å². The lowest BCUT2D eigenvalue weighted by molar-refractivity contribution is -0.140. The quantitative estimate of drug-likeness (QED) is 0.433. The number of ketones is 1. The van der Waals surface area contributed by atoms with Gasteiger partial charge in [-0.15, -0.1) is 0 Å². The predicted octanol–water partition coefficient (Wildman–Crippen LogP) is 2.75. The molecular weight excluding hydrogens is 251 g/mol. The van der Waals surface area contributed by atoms with Crippen LogP contribution in [0.3, 0.4) is 0 Å². The van der Waals surface area contributed by atoms with Crippen molar-refractivity contribution in [3.63, 3.8) is 0 Å². The standard InChI is InChI=1S/C14H17FO4/c1-18-13-9-10(15)7-8-11(13)12(16)5-3-4-6-14(17)19-2/h7-9H,3-6H2,1-2H3. The number of carbonyl (C=O) groups is 2. The molecule has 0 fully saturated rings. The summed E-state index contributed by atoms with van der Waals surface area (Å²) in [6.07, 6.45) is 1.75. The van der Waals surface area contributed by atoms with Crippen LogP contribution in [0, 0.1) is 5.82 Å². The van der Waals surface area contributed by atoms with Crippen molar-refractivity contribution in [2.45, 2.75) is 25.7 Å². The van der Waals surface area contributed by atoms with Crippen LogP contribution in [-0.4, -0.2) is 26.0 Å². The summed E-state index contributed by atoms with van der Waals surface area (Å²) in [5.41, 5.74) is 0.363. The summed E-state index contributed by atoms with van der Waals surface area (Å²) in [5.74, 6) is -0.620. The number of unbranched alkanes of at least 4 members (excludes halogenated alkanes) is 1. The van der Waals surface area contributed by atoms with E-state index in [0.29, 0.717) is 31.2 Å². The van der Waals surface area contributed by atoms with Crippen LogP contribution in [0.2, 0.25) is 0 Å². The normalized spacial score (nSPS) is 10.1. The second kappa shape index (κ2) is 7.51. The first kappa shape index (κ1) is 15.1. The third kappa shape index (κ3) is 4.69. The van der Waals surface area contributed by atoms with Crippen molar-refractivity contribution < 1.29 is 23.5 Å². The summed E-state index contributed by atoms with van der Waals surface area (Å²) < 4.78 is 22.5. The summed E-state index contributed by atoms with van der Waals surface area (Å²) in [4.78, 5) is 22.8. The molecule has 5 heteroatoms. The van der Waals surface area contributed by atoms with Crippen molar-refractivity contribution in [1.29, 1.82) is 0 Å². The molecule has 19 heavy (non-hydrogen) atoms. The molecule has 0 atom stereocenters. The SMILES string of the molecule is COC(=O)CCCCC(=O)c1ccc(F)cc1OC. The molecule has 0 aliphatic rings. The van der Waals surface area contributed by atoms with Gasteiger partial charge in [0.05, 0.1) is 19.8 Å². The Hall–Kier alpha value is -1.91. The Morgan fingerprint density at radius 3 is 2.47 bits per heavy atom. The lowest BCUT2D eigenvalue weighted by Gasteiger charge is -2.07. The fraction of sp³-hybridized carbons (Fsp3) is 0.429. The van der Waals surface area contributed by atoms with Crippen molar-refractivity contribution >= 4 is 11.8 Å². The average molecular weight is 268 g/mol. The lowest BCUT2D eigenvalue weighted by atomic mass is 10.0. The summed E-state index contributed by atoms with van der Waals surface area (Å²) >= 11 is 0. The number of carbonyl (C=O) groups excluding carboxylic acids is 2. The Bertz CT molecular complexity index is 457. The maximum Gasteiger partial charge on any atom is 0.305 e. The lowest BCUT2D eigenvalue weighted by Crippen LogP contribution is -2.04. The van der Waals surface area contributed by atoms with Crippen LogP contribution >= 0.6 is 0 Å². The minimum Gasteiger partial charge on any atom is -0.496 e. The highest BCUT2D eigenvalue weighted by Gasteiger charge is 2.13. The fourth-order valence-electron chi connectivity index (χ4n) is 1.69. The van der Waals surface area contributed by atoms with E-state index >= 15 is 0 Å².